The Bertz CT molecular complexity index is 562. The summed E-state index contributed by atoms with van der Waals surface area (Å²) in [6.45, 7) is 2.15. The maximum Gasteiger partial charge on any atom is 0.250 e. The van der Waals surface area contributed by atoms with Gasteiger partial charge in [-0.2, -0.15) is 0 Å². The Morgan fingerprint density at radius 1 is 1.56 bits per heavy atom. The third-order valence-corrected chi connectivity index (χ3v) is 6.31. The van der Waals surface area contributed by atoms with Crippen molar-refractivity contribution in [3.05, 3.63) is 16.0 Å². The fourth-order valence-electron chi connectivity index (χ4n) is 1.78. The summed E-state index contributed by atoms with van der Waals surface area (Å²) < 4.78 is 27.3. The lowest BCUT2D eigenvalue weighted by Crippen LogP contribution is -2.36. The number of carbonyl (C=O) groups is 1. The highest BCUT2D eigenvalue weighted by atomic mass is 35.5. The Hall–Kier alpha value is -0.630. The molecule has 1 aliphatic rings. The maximum atomic E-state index is 12.1. The third-order valence-electron chi connectivity index (χ3n) is 2.76. The molecule has 1 unspecified atom stereocenters. The molecular formula is C10H13ClN2O3S2. The van der Waals surface area contributed by atoms with E-state index < -0.39 is 10.0 Å². The molecule has 1 aromatic rings. The van der Waals surface area contributed by atoms with E-state index in [0.717, 1.165) is 16.9 Å². The number of sulfonamides is 1. The second-order valence-electron chi connectivity index (χ2n) is 4.32. The van der Waals surface area contributed by atoms with Gasteiger partial charge in [-0.25, -0.2) is 13.1 Å². The predicted octanol–water partition coefficient (Wildman–Crippen LogP) is 1.22. The van der Waals surface area contributed by atoms with E-state index in [4.69, 9.17) is 11.6 Å². The number of likely N-dealkylation sites (tertiary alicyclic amines) is 1. The van der Waals surface area contributed by atoms with Gasteiger partial charge in [-0.1, -0.05) is 11.6 Å². The molecule has 5 nitrogen and oxygen atoms in total. The van der Waals surface area contributed by atoms with Gasteiger partial charge in [0, 0.05) is 26.1 Å². The highest BCUT2D eigenvalue weighted by Crippen LogP contribution is 2.30. The molecule has 1 atom stereocenters. The molecule has 0 aromatic carbocycles. The van der Waals surface area contributed by atoms with Gasteiger partial charge in [-0.15, -0.1) is 11.3 Å². The topological polar surface area (TPSA) is 66.5 Å². The first kappa shape index (κ1) is 13.8. The van der Waals surface area contributed by atoms with Crippen molar-refractivity contribution >= 4 is 38.9 Å². The number of likely N-dealkylation sites (N-methyl/N-ethyl adjacent to an activating group) is 1. The number of carbonyl (C=O) groups excluding carboxylic acids is 1. The Kier molecular flexibility index (Phi) is 3.68. The highest BCUT2D eigenvalue weighted by Gasteiger charge is 2.31. The Labute approximate surface area is 115 Å². The second-order valence-corrected chi connectivity index (χ2v) is 7.91. The van der Waals surface area contributed by atoms with E-state index in [-0.39, 0.29) is 22.6 Å². The first-order valence-electron chi connectivity index (χ1n) is 5.32. The molecule has 0 bridgehead atoms. The molecule has 1 fully saturated rings. The van der Waals surface area contributed by atoms with Gasteiger partial charge in [0.25, 0.3) is 0 Å². The molecular weight excluding hydrogens is 296 g/mol. The van der Waals surface area contributed by atoms with Crippen LogP contribution in [0.2, 0.25) is 4.34 Å². The lowest BCUT2D eigenvalue weighted by atomic mass is 10.3. The summed E-state index contributed by atoms with van der Waals surface area (Å²) in [7, 11) is -1.93. The van der Waals surface area contributed by atoms with Crippen LogP contribution < -0.4 is 4.72 Å². The van der Waals surface area contributed by atoms with Crippen LogP contribution in [0, 0.1) is 6.92 Å². The maximum absolute atomic E-state index is 12.1. The Morgan fingerprint density at radius 3 is 2.67 bits per heavy atom. The van der Waals surface area contributed by atoms with Crippen LogP contribution in [-0.4, -0.2) is 38.9 Å². The van der Waals surface area contributed by atoms with Crippen molar-refractivity contribution in [2.45, 2.75) is 23.6 Å². The van der Waals surface area contributed by atoms with Gasteiger partial charge in [0.05, 0.1) is 4.34 Å². The third kappa shape index (κ3) is 2.69. The summed E-state index contributed by atoms with van der Waals surface area (Å²) >= 11 is 6.89. The normalized spacial score (nSPS) is 20.7. The van der Waals surface area contributed by atoms with E-state index in [1.807, 2.05) is 0 Å². The lowest BCUT2D eigenvalue weighted by molar-refractivity contribution is -0.126. The van der Waals surface area contributed by atoms with Crippen LogP contribution in [0.5, 0.6) is 0 Å². The van der Waals surface area contributed by atoms with Crippen LogP contribution in [0.25, 0.3) is 0 Å². The molecule has 1 aromatic heterocycles. The highest BCUT2D eigenvalue weighted by molar-refractivity contribution is 7.91. The fraction of sp³-hybridized carbons (Fsp3) is 0.500. The molecule has 0 aliphatic carbocycles. The molecule has 1 saturated heterocycles. The largest absolute Gasteiger partial charge is 0.344 e. The van der Waals surface area contributed by atoms with Gasteiger partial charge in [0.2, 0.25) is 15.9 Å². The zero-order chi connectivity index (χ0) is 13.5. The number of halogens is 1. The van der Waals surface area contributed by atoms with E-state index in [0.29, 0.717) is 10.9 Å². The number of nitrogens with one attached hydrogen (secondary N) is 1. The summed E-state index contributed by atoms with van der Waals surface area (Å²) in [5.74, 6) is -0.0527. The average Bonchev–Trinajstić information content (AvgIpc) is 2.72. The number of amides is 1. The molecule has 1 amide bonds. The van der Waals surface area contributed by atoms with Crippen LogP contribution in [-0.2, 0) is 14.8 Å². The molecule has 2 rings (SSSR count). The van der Waals surface area contributed by atoms with Crippen LogP contribution in [0.4, 0.5) is 0 Å². The van der Waals surface area contributed by atoms with Gasteiger partial charge in [0.1, 0.15) is 4.21 Å². The minimum atomic E-state index is -3.59. The molecule has 0 radical (unpaired) electrons. The van der Waals surface area contributed by atoms with Crippen LogP contribution in [0.15, 0.2) is 10.3 Å². The first-order chi connectivity index (χ1) is 8.29. The summed E-state index contributed by atoms with van der Waals surface area (Å²) in [4.78, 5) is 12.9. The molecule has 8 heteroatoms. The minimum Gasteiger partial charge on any atom is -0.344 e. The molecule has 18 heavy (non-hydrogen) atoms. The molecule has 2 heterocycles. The van der Waals surface area contributed by atoms with E-state index in [2.05, 4.69) is 4.72 Å². The summed E-state index contributed by atoms with van der Waals surface area (Å²) in [5, 5.41) is 0. The number of aryl methyl sites for hydroxylation is 1. The van der Waals surface area contributed by atoms with Crippen molar-refractivity contribution in [2.24, 2.45) is 0 Å². The van der Waals surface area contributed by atoms with Crippen molar-refractivity contribution in [3.8, 4) is 0 Å². The standard InChI is InChI=1S/C10H13ClN2O3S2/c1-6-3-9(17-10(6)11)18(15,16)12-7-4-8(14)13(2)5-7/h3,7,12H,4-5H2,1-2H3. The molecule has 0 saturated carbocycles. The smallest absolute Gasteiger partial charge is 0.250 e. The second kappa shape index (κ2) is 4.80. The number of hydrogen-bond donors (Lipinski definition) is 1. The van der Waals surface area contributed by atoms with E-state index in [9.17, 15) is 13.2 Å². The van der Waals surface area contributed by atoms with E-state index >= 15 is 0 Å². The molecule has 0 spiro atoms. The van der Waals surface area contributed by atoms with Gasteiger partial charge in [-0.05, 0) is 18.6 Å². The van der Waals surface area contributed by atoms with Crippen molar-refractivity contribution in [3.63, 3.8) is 0 Å². The summed E-state index contributed by atoms with van der Waals surface area (Å²) in [6, 6.07) is 1.17. The zero-order valence-corrected chi connectivity index (χ0v) is 12.3. The summed E-state index contributed by atoms with van der Waals surface area (Å²) in [5.41, 5.74) is 0.738. The fourth-order valence-corrected chi connectivity index (χ4v) is 4.74. The van der Waals surface area contributed by atoms with E-state index in [1.165, 1.54) is 11.0 Å². The lowest BCUT2D eigenvalue weighted by Gasteiger charge is -2.11. The monoisotopic (exact) mass is 308 g/mol. The van der Waals surface area contributed by atoms with Gasteiger partial charge in [-0.3, -0.25) is 4.79 Å². The minimum absolute atomic E-state index is 0.0527. The molecule has 100 valence electrons. The van der Waals surface area contributed by atoms with E-state index in [1.54, 1.807) is 14.0 Å². The van der Waals surface area contributed by atoms with Crippen molar-refractivity contribution in [2.75, 3.05) is 13.6 Å². The summed E-state index contributed by atoms with van der Waals surface area (Å²) in [6.07, 6.45) is 0.202. The Morgan fingerprint density at radius 2 is 2.22 bits per heavy atom. The average molecular weight is 309 g/mol. The zero-order valence-electron chi connectivity index (χ0n) is 9.94. The number of thiophene rings is 1. The van der Waals surface area contributed by atoms with Crippen LogP contribution in [0.3, 0.4) is 0 Å². The Balaban J connectivity index is 2.15. The SMILES string of the molecule is Cc1cc(S(=O)(=O)NC2CC(=O)N(C)C2)sc1Cl. The van der Waals surface area contributed by atoms with Gasteiger partial charge >= 0.3 is 0 Å². The van der Waals surface area contributed by atoms with Gasteiger partial charge < -0.3 is 4.90 Å². The first-order valence-corrected chi connectivity index (χ1v) is 7.99. The van der Waals surface area contributed by atoms with Gasteiger partial charge in [0.15, 0.2) is 0 Å². The van der Waals surface area contributed by atoms with Crippen LogP contribution >= 0.6 is 22.9 Å². The van der Waals surface area contributed by atoms with Crippen molar-refractivity contribution in [1.29, 1.82) is 0 Å². The molecule has 1 N–H and O–H groups in total. The predicted molar refractivity (Wildman–Crippen MR) is 70.4 cm³/mol. The molecule has 1 aliphatic heterocycles. The number of rotatable bonds is 3. The number of nitrogens with zero attached hydrogens (tertiary/aromatic N) is 1. The quantitative estimate of drug-likeness (QED) is 0.913. The number of hydrogen-bond acceptors (Lipinski definition) is 4. The van der Waals surface area contributed by atoms with Crippen LogP contribution in [0.1, 0.15) is 12.0 Å². The van der Waals surface area contributed by atoms with Crippen molar-refractivity contribution in [1.82, 2.24) is 9.62 Å². The van der Waals surface area contributed by atoms with Crippen molar-refractivity contribution < 1.29 is 13.2 Å².